The van der Waals surface area contributed by atoms with E-state index in [-0.39, 0.29) is 0 Å². The van der Waals surface area contributed by atoms with Crippen LogP contribution in [0.2, 0.25) is 0 Å². The van der Waals surface area contributed by atoms with Gasteiger partial charge in [-0.25, -0.2) is 4.98 Å². The van der Waals surface area contributed by atoms with Gasteiger partial charge in [0.1, 0.15) is 5.75 Å². The van der Waals surface area contributed by atoms with Crippen molar-refractivity contribution in [2.75, 3.05) is 12.0 Å². The summed E-state index contributed by atoms with van der Waals surface area (Å²) in [7, 11) is 0. The molecule has 0 aliphatic carbocycles. The Morgan fingerprint density at radius 2 is 1.88 bits per heavy atom. The first-order valence-corrected chi connectivity index (χ1v) is 8.68. The second kappa shape index (κ2) is 7.75. The number of rotatable bonds is 6. The average molecular weight is 337 g/mol. The summed E-state index contributed by atoms with van der Waals surface area (Å²) in [6.45, 7) is 4.61. The van der Waals surface area contributed by atoms with E-state index in [1.165, 1.54) is 0 Å². The van der Waals surface area contributed by atoms with Crippen molar-refractivity contribution >= 4 is 22.2 Å². The molecule has 0 fully saturated rings. The zero-order valence-corrected chi connectivity index (χ0v) is 14.5. The van der Waals surface area contributed by atoms with Crippen molar-refractivity contribution in [3.05, 3.63) is 65.5 Å². The molecule has 3 rings (SSSR count). The number of hydrogen-bond acceptors (Lipinski definition) is 5. The van der Waals surface area contributed by atoms with E-state index in [0.29, 0.717) is 6.61 Å². The Hall–Kier alpha value is -2.66. The van der Waals surface area contributed by atoms with E-state index in [0.717, 1.165) is 33.4 Å². The molecule has 2 aromatic carbocycles. The monoisotopic (exact) mass is 337 g/mol. The van der Waals surface area contributed by atoms with E-state index in [4.69, 9.17) is 4.74 Å². The van der Waals surface area contributed by atoms with Crippen molar-refractivity contribution in [1.82, 2.24) is 4.98 Å². The normalized spacial score (nSPS) is 11.3. The van der Waals surface area contributed by atoms with Gasteiger partial charge >= 0.3 is 0 Å². The molecule has 0 saturated heterocycles. The standard InChI is InChI=1S/C19H19N3OS/c1-3-23-17-11-9-15(10-12-17)14(2)21-22-19-20-18(13-24-19)16-7-5-4-6-8-16/h4-13H,3H2,1-2H3,(H,20,22)/b21-14+. The maximum atomic E-state index is 5.45. The summed E-state index contributed by atoms with van der Waals surface area (Å²) in [5.74, 6) is 0.870. The van der Waals surface area contributed by atoms with E-state index in [1.807, 2.05) is 73.8 Å². The summed E-state index contributed by atoms with van der Waals surface area (Å²) < 4.78 is 5.45. The number of hydrazone groups is 1. The first kappa shape index (κ1) is 16.2. The molecule has 0 aliphatic rings. The summed E-state index contributed by atoms with van der Waals surface area (Å²) in [5, 5.41) is 7.23. The number of benzene rings is 2. The topological polar surface area (TPSA) is 46.5 Å². The molecule has 1 N–H and O–H groups in total. The fourth-order valence-corrected chi connectivity index (χ4v) is 2.88. The Morgan fingerprint density at radius 1 is 1.12 bits per heavy atom. The van der Waals surface area contributed by atoms with E-state index < -0.39 is 0 Å². The highest BCUT2D eigenvalue weighted by molar-refractivity contribution is 7.14. The van der Waals surface area contributed by atoms with Gasteiger partial charge in [-0.05, 0) is 43.7 Å². The van der Waals surface area contributed by atoms with Gasteiger partial charge in [0.15, 0.2) is 0 Å². The van der Waals surface area contributed by atoms with Crippen LogP contribution in [0.3, 0.4) is 0 Å². The zero-order valence-electron chi connectivity index (χ0n) is 13.7. The van der Waals surface area contributed by atoms with Crippen LogP contribution in [0, 0.1) is 0 Å². The average Bonchev–Trinajstić information content (AvgIpc) is 3.10. The molecule has 0 unspecified atom stereocenters. The molecule has 0 atom stereocenters. The lowest BCUT2D eigenvalue weighted by atomic mass is 10.1. The van der Waals surface area contributed by atoms with Crippen LogP contribution in [0.1, 0.15) is 19.4 Å². The van der Waals surface area contributed by atoms with Gasteiger partial charge in [0, 0.05) is 10.9 Å². The number of thiazole rings is 1. The third-order valence-corrected chi connectivity index (χ3v) is 4.22. The van der Waals surface area contributed by atoms with E-state index >= 15 is 0 Å². The maximum absolute atomic E-state index is 5.45. The number of anilines is 1. The fraction of sp³-hybridized carbons (Fsp3) is 0.158. The van der Waals surface area contributed by atoms with Crippen molar-refractivity contribution in [3.8, 4) is 17.0 Å². The van der Waals surface area contributed by atoms with Gasteiger partial charge in [-0.1, -0.05) is 30.3 Å². The molecule has 1 aromatic heterocycles. The van der Waals surface area contributed by atoms with Gasteiger partial charge in [-0.15, -0.1) is 11.3 Å². The Bertz CT molecular complexity index is 810. The Labute approximate surface area is 145 Å². The van der Waals surface area contributed by atoms with Crippen LogP contribution in [0.4, 0.5) is 5.13 Å². The van der Waals surface area contributed by atoms with Gasteiger partial charge in [-0.2, -0.15) is 5.10 Å². The molecule has 0 radical (unpaired) electrons. The summed E-state index contributed by atoms with van der Waals surface area (Å²) in [6.07, 6.45) is 0. The largest absolute Gasteiger partial charge is 0.494 e. The van der Waals surface area contributed by atoms with Crippen molar-refractivity contribution in [1.29, 1.82) is 0 Å². The minimum absolute atomic E-state index is 0.668. The molecule has 4 nitrogen and oxygen atoms in total. The number of nitrogens with one attached hydrogen (secondary N) is 1. The highest BCUT2D eigenvalue weighted by Gasteiger charge is 2.04. The summed E-state index contributed by atoms with van der Waals surface area (Å²) in [5.41, 5.74) is 7.04. The third-order valence-electron chi connectivity index (χ3n) is 3.48. The third kappa shape index (κ3) is 4.00. The molecule has 0 saturated carbocycles. The SMILES string of the molecule is CCOc1ccc(/C(C)=N/Nc2nc(-c3ccccc3)cs2)cc1. The highest BCUT2D eigenvalue weighted by atomic mass is 32.1. The lowest BCUT2D eigenvalue weighted by molar-refractivity contribution is 0.340. The summed E-state index contributed by atoms with van der Waals surface area (Å²) >= 11 is 1.54. The predicted molar refractivity (Wildman–Crippen MR) is 101 cm³/mol. The van der Waals surface area contributed by atoms with Crippen LogP contribution >= 0.6 is 11.3 Å². The summed E-state index contributed by atoms with van der Waals surface area (Å²) in [6, 6.07) is 18.0. The molecule has 5 heteroatoms. The molecule has 122 valence electrons. The zero-order chi connectivity index (χ0) is 16.8. The van der Waals surface area contributed by atoms with Crippen LogP contribution in [-0.4, -0.2) is 17.3 Å². The molecule has 0 spiro atoms. The molecular formula is C19H19N3OS. The Morgan fingerprint density at radius 3 is 2.58 bits per heavy atom. The lowest BCUT2D eigenvalue weighted by Gasteiger charge is -2.05. The molecule has 0 aliphatic heterocycles. The van der Waals surface area contributed by atoms with Gasteiger partial charge in [0.2, 0.25) is 5.13 Å². The van der Waals surface area contributed by atoms with Crippen LogP contribution in [0.5, 0.6) is 5.75 Å². The van der Waals surface area contributed by atoms with Crippen molar-refractivity contribution < 1.29 is 4.74 Å². The van der Waals surface area contributed by atoms with Gasteiger partial charge in [0.05, 0.1) is 18.0 Å². The lowest BCUT2D eigenvalue weighted by Crippen LogP contribution is -2.00. The quantitative estimate of drug-likeness (QED) is 0.506. The number of hydrogen-bond donors (Lipinski definition) is 1. The van der Waals surface area contributed by atoms with E-state index in [9.17, 15) is 0 Å². The molecule has 3 aromatic rings. The number of aromatic nitrogens is 1. The van der Waals surface area contributed by atoms with Gasteiger partial charge < -0.3 is 4.74 Å². The Balaban J connectivity index is 1.68. The molecule has 24 heavy (non-hydrogen) atoms. The smallest absolute Gasteiger partial charge is 0.203 e. The van der Waals surface area contributed by atoms with E-state index in [2.05, 4.69) is 15.5 Å². The Kier molecular flexibility index (Phi) is 5.23. The molecular weight excluding hydrogens is 318 g/mol. The second-order valence-electron chi connectivity index (χ2n) is 5.17. The van der Waals surface area contributed by atoms with Gasteiger partial charge in [-0.3, -0.25) is 5.43 Å². The van der Waals surface area contributed by atoms with Crippen molar-refractivity contribution in [2.24, 2.45) is 5.10 Å². The minimum Gasteiger partial charge on any atom is -0.494 e. The second-order valence-corrected chi connectivity index (χ2v) is 6.03. The first-order valence-electron chi connectivity index (χ1n) is 7.80. The van der Waals surface area contributed by atoms with E-state index in [1.54, 1.807) is 11.3 Å². The maximum Gasteiger partial charge on any atom is 0.203 e. The molecule has 1 heterocycles. The number of nitrogens with zero attached hydrogens (tertiary/aromatic N) is 2. The number of ether oxygens (including phenoxy) is 1. The van der Waals surface area contributed by atoms with Crippen molar-refractivity contribution in [3.63, 3.8) is 0 Å². The minimum atomic E-state index is 0.668. The van der Waals surface area contributed by atoms with Crippen LogP contribution in [0.25, 0.3) is 11.3 Å². The molecule has 0 bridgehead atoms. The fourth-order valence-electron chi connectivity index (χ4n) is 2.22. The van der Waals surface area contributed by atoms with Crippen molar-refractivity contribution in [2.45, 2.75) is 13.8 Å². The van der Waals surface area contributed by atoms with Crippen LogP contribution in [0.15, 0.2) is 65.1 Å². The van der Waals surface area contributed by atoms with Crippen LogP contribution in [-0.2, 0) is 0 Å². The van der Waals surface area contributed by atoms with Gasteiger partial charge in [0.25, 0.3) is 0 Å². The van der Waals surface area contributed by atoms with Crippen LogP contribution < -0.4 is 10.2 Å². The highest BCUT2D eigenvalue weighted by Crippen LogP contribution is 2.24. The molecule has 0 amide bonds. The predicted octanol–water partition coefficient (Wildman–Crippen LogP) is 5.04. The first-order chi connectivity index (χ1) is 11.8. The summed E-state index contributed by atoms with van der Waals surface area (Å²) in [4.78, 5) is 4.56.